The van der Waals surface area contributed by atoms with E-state index in [2.05, 4.69) is 21.3 Å². The first-order valence-corrected chi connectivity index (χ1v) is 6.42. The molecule has 20 heavy (non-hydrogen) atoms. The molecule has 2 N–H and O–H groups in total. The number of methoxy groups -OCH3 is 1. The van der Waals surface area contributed by atoms with Crippen molar-refractivity contribution < 1.29 is 9.53 Å². The highest BCUT2D eigenvalue weighted by atomic mass is 16.5. The number of nitrogens with zero attached hydrogens (tertiary/aromatic N) is 1. The second-order valence-electron chi connectivity index (χ2n) is 4.52. The fourth-order valence-corrected chi connectivity index (χ4v) is 1.87. The summed E-state index contributed by atoms with van der Waals surface area (Å²) < 4.78 is 6.84. The van der Waals surface area contributed by atoms with E-state index >= 15 is 0 Å². The number of aromatic nitrogens is 1. The molecule has 106 valence electrons. The molecule has 2 aromatic rings. The lowest BCUT2D eigenvalue weighted by Gasteiger charge is -2.09. The van der Waals surface area contributed by atoms with E-state index in [9.17, 15) is 4.79 Å². The standard InChI is InChI=1S/C15H19N3O2/c1-18-9-3-4-14(18)10-16-12-5-7-13(8-6-12)17-15(19)11-20-2/h3-9,16H,10-11H2,1-2H3,(H,17,19). The van der Waals surface area contributed by atoms with Gasteiger partial charge >= 0.3 is 0 Å². The van der Waals surface area contributed by atoms with Crippen LogP contribution in [-0.2, 0) is 23.1 Å². The van der Waals surface area contributed by atoms with Gasteiger partial charge in [0.15, 0.2) is 0 Å². The SMILES string of the molecule is COCC(=O)Nc1ccc(NCc2cccn2C)cc1. The molecule has 0 aliphatic carbocycles. The van der Waals surface area contributed by atoms with Crippen LogP contribution in [0, 0.1) is 0 Å². The highest BCUT2D eigenvalue weighted by Crippen LogP contribution is 2.14. The van der Waals surface area contributed by atoms with Gasteiger partial charge in [0.05, 0.1) is 6.54 Å². The molecular weight excluding hydrogens is 254 g/mol. The maximum Gasteiger partial charge on any atom is 0.250 e. The smallest absolute Gasteiger partial charge is 0.250 e. The molecule has 5 heteroatoms. The molecule has 0 aliphatic rings. The highest BCUT2D eigenvalue weighted by molar-refractivity contribution is 5.91. The first-order valence-electron chi connectivity index (χ1n) is 6.42. The molecule has 2 rings (SSSR count). The zero-order valence-corrected chi connectivity index (χ0v) is 11.7. The number of ether oxygens (including phenoxy) is 1. The summed E-state index contributed by atoms with van der Waals surface area (Å²) in [6.45, 7) is 0.826. The highest BCUT2D eigenvalue weighted by Gasteiger charge is 2.01. The fourth-order valence-electron chi connectivity index (χ4n) is 1.87. The average Bonchev–Trinajstić information content (AvgIpc) is 2.84. The van der Waals surface area contributed by atoms with Gasteiger partial charge in [0.25, 0.3) is 0 Å². The molecule has 0 radical (unpaired) electrons. The number of amides is 1. The first-order chi connectivity index (χ1) is 9.69. The Labute approximate surface area is 118 Å². The Morgan fingerprint density at radius 3 is 2.50 bits per heavy atom. The van der Waals surface area contributed by atoms with E-state index in [1.807, 2.05) is 43.6 Å². The van der Waals surface area contributed by atoms with Gasteiger partial charge in [0.2, 0.25) is 5.91 Å². The number of nitrogens with one attached hydrogen (secondary N) is 2. The molecule has 5 nitrogen and oxygen atoms in total. The van der Waals surface area contributed by atoms with Gasteiger partial charge in [-0.2, -0.15) is 0 Å². The van der Waals surface area contributed by atoms with Crippen LogP contribution in [0.4, 0.5) is 11.4 Å². The number of hydrogen-bond donors (Lipinski definition) is 2. The minimum Gasteiger partial charge on any atom is -0.379 e. The van der Waals surface area contributed by atoms with E-state index in [4.69, 9.17) is 4.74 Å². The predicted molar refractivity (Wildman–Crippen MR) is 79.7 cm³/mol. The number of hydrogen-bond acceptors (Lipinski definition) is 3. The molecule has 0 atom stereocenters. The molecule has 0 fully saturated rings. The lowest BCUT2D eigenvalue weighted by Crippen LogP contribution is -2.16. The van der Waals surface area contributed by atoms with Crippen molar-refractivity contribution in [2.24, 2.45) is 7.05 Å². The average molecular weight is 273 g/mol. The normalized spacial score (nSPS) is 10.3. The topological polar surface area (TPSA) is 55.3 Å². The Morgan fingerprint density at radius 2 is 1.90 bits per heavy atom. The van der Waals surface area contributed by atoms with Gasteiger partial charge in [0.1, 0.15) is 6.61 Å². The Bertz CT molecular complexity index is 561. The van der Waals surface area contributed by atoms with Crippen LogP contribution in [0.15, 0.2) is 42.6 Å². The molecule has 0 saturated heterocycles. The van der Waals surface area contributed by atoms with Crippen molar-refractivity contribution >= 4 is 17.3 Å². The minimum absolute atomic E-state index is 0.0630. The van der Waals surface area contributed by atoms with E-state index in [-0.39, 0.29) is 12.5 Å². The Morgan fingerprint density at radius 1 is 1.20 bits per heavy atom. The lowest BCUT2D eigenvalue weighted by atomic mass is 10.2. The van der Waals surface area contributed by atoms with Crippen LogP contribution < -0.4 is 10.6 Å². The third-order valence-electron chi connectivity index (χ3n) is 2.97. The first kappa shape index (κ1) is 14.1. The molecule has 1 aromatic carbocycles. The third-order valence-corrected chi connectivity index (χ3v) is 2.97. The van der Waals surface area contributed by atoms with Crippen molar-refractivity contribution in [1.82, 2.24) is 4.57 Å². The van der Waals surface area contributed by atoms with E-state index < -0.39 is 0 Å². The number of anilines is 2. The number of carbonyl (C=O) groups excluding carboxylic acids is 1. The summed E-state index contributed by atoms with van der Waals surface area (Å²) in [5.41, 5.74) is 2.98. The molecule has 0 aliphatic heterocycles. The van der Waals surface area contributed by atoms with Crippen LogP contribution in [0.5, 0.6) is 0 Å². The van der Waals surface area contributed by atoms with Gasteiger partial charge in [0, 0.05) is 37.4 Å². The van der Waals surface area contributed by atoms with Crippen LogP contribution in [-0.4, -0.2) is 24.2 Å². The van der Waals surface area contributed by atoms with E-state index in [1.165, 1.54) is 12.8 Å². The van der Waals surface area contributed by atoms with Crippen LogP contribution in [0.3, 0.4) is 0 Å². The molecule has 0 saturated carbocycles. The molecule has 0 bridgehead atoms. The number of carbonyl (C=O) groups is 1. The summed E-state index contributed by atoms with van der Waals surface area (Å²) in [4.78, 5) is 11.4. The third kappa shape index (κ3) is 3.86. The molecule has 0 spiro atoms. The fraction of sp³-hybridized carbons (Fsp3) is 0.267. The van der Waals surface area contributed by atoms with Crippen molar-refractivity contribution in [3.05, 3.63) is 48.3 Å². The Hall–Kier alpha value is -2.27. The van der Waals surface area contributed by atoms with Gasteiger partial charge < -0.3 is 19.9 Å². The molecule has 0 unspecified atom stereocenters. The van der Waals surface area contributed by atoms with E-state index in [0.29, 0.717) is 0 Å². The molecule has 1 heterocycles. The predicted octanol–water partition coefficient (Wildman–Crippen LogP) is 2.22. The monoisotopic (exact) mass is 273 g/mol. The van der Waals surface area contributed by atoms with Gasteiger partial charge in [-0.25, -0.2) is 0 Å². The zero-order chi connectivity index (χ0) is 14.4. The lowest BCUT2D eigenvalue weighted by molar-refractivity contribution is -0.119. The maximum absolute atomic E-state index is 11.4. The van der Waals surface area contributed by atoms with Crippen LogP contribution >= 0.6 is 0 Å². The summed E-state index contributed by atoms with van der Waals surface area (Å²) in [6, 6.07) is 11.7. The van der Waals surface area contributed by atoms with E-state index in [0.717, 1.165) is 17.9 Å². The summed E-state index contributed by atoms with van der Waals surface area (Å²) >= 11 is 0. The van der Waals surface area contributed by atoms with Gasteiger partial charge in [-0.1, -0.05) is 0 Å². The van der Waals surface area contributed by atoms with Crippen LogP contribution in [0.25, 0.3) is 0 Å². The molecule has 1 aromatic heterocycles. The van der Waals surface area contributed by atoms with E-state index in [1.54, 1.807) is 0 Å². The summed E-state index contributed by atoms with van der Waals surface area (Å²) in [5, 5.41) is 6.09. The quantitative estimate of drug-likeness (QED) is 0.848. The largest absolute Gasteiger partial charge is 0.379 e. The minimum atomic E-state index is -0.156. The second kappa shape index (κ2) is 6.77. The summed E-state index contributed by atoms with van der Waals surface area (Å²) in [6.07, 6.45) is 2.02. The summed E-state index contributed by atoms with van der Waals surface area (Å²) in [7, 11) is 3.52. The molecule has 1 amide bonds. The van der Waals surface area contributed by atoms with Gasteiger partial charge in [-0.05, 0) is 36.4 Å². The van der Waals surface area contributed by atoms with Crippen LogP contribution in [0.1, 0.15) is 5.69 Å². The van der Waals surface area contributed by atoms with Gasteiger partial charge in [-0.3, -0.25) is 4.79 Å². The van der Waals surface area contributed by atoms with Crippen molar-refractivity contribution in [1.29, 1.82) is 0 Å². The second-order valence-corrected chi connectivity index (χ2v) is 4.52. The van der Waals surface area contributed by atoms with Crippen molar-refractivity contribution in [2.75, 3.05) is 24.4 Å². The van der Waals surface area contributed by atoms with Crippen molar-refractivity contribution in [3.63, 3.8) is 0 Å². The summed E-state index contributed by atoms with van der Waals surface area (Å²) in [5.74, 6) is -0.156. The Kier molecular flexibility index (Phi) is 4.79. The zero-order valence-electron chi connectivity index (χ0n) is 11.7. The van der Waals surface area contributed by atoms with Crippen LogP contribution in [0.2, 0.25) is 0 Å². The molecular formula is C15H19N3O2. The number of aryl methyl sites for hydroxylation is 1. The van der Waals surface area contributed by atoms with Crippen molar-refractivity contribution in [3.8, 4) is 0 Å². The van der Waals surface area contributed by atoms with Gasteiger partial charge in [-0.15, -0.1) is 0 Å². The Balaban J connectivity index is 1.88. The van der Waals surface area contributed by atoms with Crippen molar-refractivity contribution in [2.45, 2.75) is 6.54 Å². The number of benzene rings is 1. The maximum atomic E-state index is 11.4. The number of rotatable bonds is 6.